The normalized spacial score (nSPS) is 15.7. The average Bonchev–Trinajstić information content (AvgIpc) is 3.03. The van der Waals surface area contributed by atoms with Crippen LogP contribution < -0.4 is 5.73 Å². The van der Waals surface area contributed by atoms with Crippen molar-refractivity contribution in [2.45, 2.75) is 25.7 Å². The van der Waals surface area contributed by atoms with Gasteiger partial charge in [0, 0.05) is 36.8 Å². The van der Waals surface area contributed by atoms with Crippen LogP contribution in [0.25, 0.3) is 0 Å². The molecule has 2 aromatic rings. The predicted octanol–water partition coefficient (Wildman–Crippen LogP) is 2.45. The third-order valence-electron chi connectivity index (χ3n) is 3.83. The Morgan fingerprint density at radius 1 is 1.46 bits per heavy atom. The molecule has 1 atom stereocenters. The van der Waals surface area contributed by atoms with Gasteiger partial charge in [-0.15, -0.1) is 12.4 Å². The van der Waals surface area contributed by atoms with Gasteiger partial charge in [0.15, 0.2) is 5.69 Å². The van der Waals surface area contributed by atoms with Crippen LogP contribution in [-0.4, -0.2) is 39.8 Å². The maximum atomic E-state index is 13.3. The van der Waals surface area contributed by atoms with E-state index in [9.17, 15) is 9.18 Å². The number of benzene rings is 1. The Morgan fingerprint density at radius 2 is 2.25 bits per heavy atom. The lowest BCUT2D eigenvalue weighted by atomic mass is 10.2. The van der Waals surface area contributed by atoms with E-state index in [-0.39, 0.29) is 24.9 Å². The maximum Gasteiger partial charge on any atom is 0.274 e. The summed E-state index contributed by atoms with van der Waals surface area (Å²) in [7, 11) is 0. The third-order valence-corrected chi connectivity index (χ3v) is 4.07. The summed E-state index contributed by atoms with van der Waals surface area (Å²) in [4.78, 5) is 14.3. The van der Waals surface area contributed by atoms with Gasteiger partial charge in [0.1, 0.15) is 6.17 Å². The van der Waals surface area contributed by atoms with E-state index >= 15 is 0 Å². The zero-order valence-corrected chi connectivity index (χ0v) is 14.6. The number of aromatic nitrogens is 2. The van der Waals surface area contributed by atoms with Gasteiger partial charge in [-0.2, -0.15) is 5.10 Å². The number of nitrogens with zero attached hydrogens (tertiary/aromatic N) is 3. The van der Waals surface area contributed by atoms with Gasteiger partial charge in [0.2, 0.25) is 0 Å². The van der Waals surface area contributed by atoms with Crippen LogP contribution in [0.1, 0.15) is 21.7 Å². The number of fused-ring (bicyclic) bond motifs is 1. The molecule has 2 N–H and O–H groups in total. The fourth-order valence-corrected chi connectivity index (χ4v) is 3.00. The van der Waals surface area contributed by atoms with E-state index in [1.165, 1.54) is 0 Å². The number of carbonyl (C=O) groups is 1. The van der Waals surface area contributed by atoms with Crippen LogP contribution in [0, 0.1) is 0 Å². The van der Waals surface area contributed by atoms with Crippen LogP contribution >= 0.6 is 24.0 Å². The molecule has 3 rings (SSSR count). The van der Waals surface area contributed by atoms with Crippen LogP contribution in [0.5, 0.6) is 0 Å². The molecule has 130 valence electrons. The average molecular weight is 373 g/mol. The van der Waals surface area contributed by atoms with Crippen molar-refractivity contribution in [1.29, 1.82) is 0 Å². The van der Waals surface area contributed by atoms with Gasteiger partial charge >= 0.3 is 0 Å². The summed E-state index contributed by atoms with van der Waals surface area (Å²) >= 11 is 5.99. The molecule has 0 saturated heterocycles. The lowest BCUT2D eigenvalue weighted by Crippen LogP contribution is -2.35. The van der Waals surface area contributed by atoms with Gasteiger partial charge in [-0.1, -0.05) is 23.7 Å². The molecule has 0 saturated carbocycles. The molecule has 1 aromatic heterocycles. The number of rotatable bonds is 5. The van der Waals surface area contributed by atoms with Crippen molar-refractivity contribution in [2.75, 3.05) is 13.1 Å². The van der Waals surface area contributed by atoms with E-state index in [1.807, 2.05) is 18.2 Å². The first kappa shape index (κ1) is 18.7. The monoisotopic (exact) mass is 372 g/mol. The van der Waals surface area contributed by atoms with Crippen molar-refractivity contribution >= 4 is 29.9 Å². The summed E-state index contributed by atoms with van der Waals surface area (Å²) in [5.74, 6) is -0.201. The Hall–Kier alpha value is -1.63. The lowest BCUT2D eigenvalue weighted by molar-refractivity contribution is 0.0741. The molecule has 1 amide bonds. The first-order valence-electron chi connectivity index (χ1n) is 7.51. The fourth-order valence-electron chi connectivity index (χ4n) is 2.79. The summed E-state index contributed by atoms with van der Waals surface area (Å²) in [6.45, 7) is 1.39. The van der Waals surface area contributed by atoms with Crippen molar-refractivity contribution in [3.8, 4) is 0 Å². The summed E-state index contributed by atoms with van der Waals surface area (Å²) in [5.41, 5.74) is 7.65. The summed E-state index contributed by atoms with van der Waals surface area (Å²) < 4.78 is 14.9. The van der Waals surface area contributed by atoms with Crippen molar-refractivity contribution in [2.24, 2.45) is 5.73 Å². The molecular weight excluding hydrogens is 354 g/mol. The quantitative estimate of drug-likeness (QED) is 0.876. The van der Waals surface area contributed by atoms with E-state index in [1.54, 1.807) is 21.7 Å². The number of alkyl halides is 1. The topological polar surface area (TPSA) is 64.2 Å². The summed E-state index contributed by atoms with van der Waals surface area (Å²) in [6, 6.07) is 9.02. The highest BCUT2D eigenvalue weighted by atomic mass is 35.5. The van der Waals surface area contributed by atoms with Crippen LogP contribution in [0.3, 0.4) is 0 Å². The SMILES string of the molecule is Cl.NCCN(Cc1cccc(Cl)c1)C(=O)c1cc2n(n1)CC(F)C2. The van der Waals surface area contributed by atoms with Gasteiger partial charge in [-0.3, -0.25) is 9.48 Å². The van der Waals surface area contributed by atoms with Crippen molar-refractivity contribution < 1.29 is 9.18 Å². The minimum atomic E-state index is -0.909. The smallest absolute Gasteiger partial charge is 0.274 e. The van der Waals surface area contributed by atoms with E-state index in [2.05, 4.69) is 5.10 Å². The molecule has 24 heavy (non-hydrogen) atoms. The van der Waals surface area contributed by atoms with Crippen molar-refractivity contribution in [3.05, 3.63) is 52.3 Å². The van der Waals surface area contributed by atoms with Crippen LogP contribution in [0.4, 0.5) is 4.39 Å². The van der Waals surface area contributed by atoms with Crippen LogP contribution in [0.15, 0.2) is 30.3 Å². The van der Waals surface area contributed by atoms with Crippen molar-refractivity contribution in [1.82, 2.24) is 14.7 Å². The zero-order chi connectivity index (χ0) is 16.4. The number of hydrogen-bond acceptors (Lipinski definition) is 3. The molecule has 0 aliphatic carbocycles. The zero-order valence-electron chi connectivity index (χ0n) is 13.0. The van der Waals surface area contributed by atoms with Crippen molar-refractivity contribution in [3.63, 3.8) is 0 Å². The molecule has 0 spiro atoms. The minimum absolute atomic E-state index is 0. The van der Waals surface area contributed by atoms with Gasteiger partial charge < -0.3 is 10.6 Å². The number of halogens is 3. The molecule has 8 heteroatoms. The van der Waals surface area contributed by atoms with Crippen LogP contribution in [0.2, 0.25) is 5.02 Å². The van der Waals surface area contributed by atoms with Gasteiger partial charge in [0.05, 0.1) is 6.54 Å². The number of nitrogens with two attached hydrogens (primary N) is 1. The highest BCUT2D eigenvalue weighted by molar-refractivity contribution is 6.30. The Labute approximate surface area is 151 Å². The number of amides is 1. The highest BCUT2D eigenvalue weighted by Crippen LogP contribution is 2.20. The molecule has 0 radical (unpaired) electrons. The molecule has 0 fully saturated rings. The first-order chi connectivity index (χ1) is 11.1. The summed E-state index contributed by atoms with van der Waals surface area (Å²) in [6.07, 6.45) is -0.598. The molecule has 0 bridgehead atoms. The lowest BCUT2D eigenvalue weighted by Gasteiger charge is -2.21. The molecular formula is C16H19Cl2FN4O. The number of carbonyl (C=O) groups excluding carboxylic acids is 1. The van der Waals surface area contributed by atoms with Gasteiger partial charge in [0.25, 0.3) is 5.91 Å². The fraction of sp³-hybridized carbons (Fsp3) is 0.375. The van der Waals surface area contributed by atoms with Gasteiger partial charge in [-0.05, 0) is 23.8 Å². The third kappa shape index (κ3) is 4.06. The second kappa shape index (κ2) is 7.96. The molecule has 2 heterocycles. The van der Waals surface area contributed by atoms with E-state index in [4.69, 9.17) is 17.3 Å². The molecule has 1 aliphatic rings. The molecule has 1 aliphatic heterocycles. The molecule has 5 nitrogen and oxygen atoms in total. The Bertz CT molecular complexity index is 698. The Balaban J connectivity index is 0.00000208. The standard InChI is InChI=1S/C16H18ClFN4O.ClH/c17-12-3-1-2-11(6-12)9-21(5-4-19)16(23)15-8-14-7-13(18)10-22(14)20-15;/h1-3,6,8,13H,4-5,7,9-10,19H2;1H. The summed E-state index contributed by atoms with van der Waals surface area (Å²) in [5, 5.41) is 4.84. The second-order valence-electron chi connectivity index (χ2n) is 5.65. The van der Waals surface area contributed by atoms with Gasteiger partial charge in [-0.25, -0.2) is 4.39 Å². The molecule has 1 unspecified atom stereocenters. The first-order valence-corrected chi connectivity index (χ1v) is 7.89. The Kier molecular flexibility index (Phi) is 6.21. The van der Waals surface area contributed by atoms with E-state index in [0.29, 0.717) is 36.8 Å². The highest BCUT2D eigenvalue weighted by Gasteiger charge is 2.26. The minimum Gasteiger partial charge on any atom is -0.332 e. The Morgan fingerprint density at radius 3 is 2.92 bits per heavy atom. The van der Waals surface area contributed by atoms with E-state index < -0.39 is 6.17 Å². The number of hydrogen-bond donors (Lipinski definition) is 1. The molecule has 1 aromatic carbocycles. The second-order valence-corrected chi connectivity index (χ2v) is 6.09. The largest absolute Gasteiger partial charge is 0.332 e. The van der Waals surface area contributed by atoms with E-state index in [0.717, 1.165) is 11.3 Å². The van der Waals surface area contributed by atoms with Crippen LogP contribution in [-0.2, 0) is 19.5 Å². The maximum absolute atomic E-state index is 13.3. The predicted molar refractivity (Wildman–Crippen MR) is 93.3 cm³/mol.